The first-order chi connectivity index (χ1) is 11.5. The van der Waals surface area contributed by atoms with E-state index >= 15 is 0 Å². The van der Waals surface area contributed by atoms with Gasteiger partial charge in [0.25, 0.3) is 5.91 Å². The molecule has 5 nitrogen and oxygen atoms in total. The van der Waals surface area contributed by atoms with Gasteiger partial charge < -0.3 is 14.5 Å². The van der Waals surface area contributed by atoms with Gasteiger partial charge >= 0.3 is 0 Å². The van der Waals surface area contributed by atoms with Gasteiger partial charge in [-0.3, -0.25) is 4.79 Å². The molecule has 2 unspecified atom stereocenters. The first-order valence-electron chi connectivity index (χ1n) is 8.13. The highest BCUT2D eigenvalue weighted by atomic mass is 35.5. The largest absolute Gasteiger partial charge is 0.393 e. The van der Waals surface area contributed by atoms with Crippen molar-refractivity contribution in [2.45, 2.75) is 32.3 Å². The predicted molar refractivity (Wildman–Crippen MR) is 92.0 cm³/mol. The number of carbonyl (C=O) groups excluding carboxylic acids is 1. The normalized spacial score (nSPS) is 20.3. The standard InChI is InChI=1S/C18H21ClN2O3/c1-11-16(17(20-24-11)13-7-3-4-8-14(13)19)18(23)21(2)10-12-6-5-9-15(12)22/h3-4,7-8,12,15,22H,5-6,9-10H2,1-2H3. The van der Waals surface area contributed by atoms with Crippen LogP contribution in [0.4, 0.5) is 0 Å². The van der Waals surface area contributed by atoms with E-state index in [1.807, 2.05) is 18.2 Å². The van der Waals surface area contributed by atoms with Crippen molar-refractivity contribution in [3.05, 3.63) is 40.6 Å². The molecule has 1 saturated carbocycles. The number of aliphatic hydroxyl groups is 1. The zero-order valence-electron chi connectivity index (χ0n) is 13.8. The molecule has 6 heteroatoms. The number of amides is 1. The molecular weight excluding hydrogens is 328 g/mol. The lowest BCUT2D eigenvalue weighted by atomic mass is 10.0. The number of halogens is 1. The zero-order chi connectivity index (χ0) is 17.3. The molecule has 3 rings (SSSR count). The minimum Gasteiger partial charge on any atom is -0.393 e. The maximum Gasteiger partial charge on any atom is 0.259 e. The lowest BCUT2D eigenvalue weighted by Crippen LogP contribution is -2.34. The van der Waals surface area contributed by atoms with E-state index < -0.39 is 0 Å². The van der Waals surface area contributed by atoms with E-state index in [4.69, 9.17) is 16.1 Å². The van der Waals surface area contributed by atoms with E-state index in [0.29, 0.717) is 34.1 Å². The molecule has 2 aromatic rings. The van der Waals surface area contributed by atoms with Gasteiger partial charge in [0.05, 0.1) is 11.1 Å². The van der Waals surface area contributed by atoms with Crippen molar-refractivity contribution < 1.29 is 14.4 Å². The maximum absolute atomic E-state index is 12.9. The third kappa shape index (κ3) is 3.19. The first kappa shape index (κ1) is 17.0. The summed E-state index contributed by atoms with van der Waals surface area (Å²) in [6.07, 6.45) is 2.43. The molecule has 0 saturated heterocycles. The molecule has 0 spiro atoms. The third-order valence-electron chi connectivity index (χ3n) is 4.68. The van der Waals surface area contributed by atoms with Gasteiger partial charge in [-0.05, 0) is 25.8 Å². The molecule has 1 fully saturated rings. The summed E-state index contributed by atoms with van der Waals surface area (Å²) in [5.74, 6) is 0.430. The van der Waals surface area contributed by atoms with E-state index in [0.717, 1.165) is 19.3 Å². The summed E-state index contributed by atoms with van der Waals surface area (Å²) >= 11 is 6.24. The van der Waals surface area contributed by atoms with Crippen molar-refractivity contribution in [2.24, 2.45) is 5.92 Å². The summed E-state index contributed by atoms with van der Waals surface area (Å²) in [5.41, 5.74) is 1.56. The molecule has 1 aromatic carbocycles. The van der Waals surface area contributed by atoms with Crippen LogP contribution in [0.15, 0.2) is 28.8 Å². The second kappa shape index (κ2) is 6.95. The quantitative estimate of drug-likeness (QED) is 0.917. The highest BCUT2D eigenvalue weighted by Crippen LogP contribution is 2.32. The fraction of sp³-hybridized carbons (Fsp3) is 0.444. The second-order valence-electron chi connectivity index (χ2n) is 6.39. The van der Waals surface area contributed by atoms with Crippen LogP contribution < -0.4 is 0 Å². The van der Waals surface area contributed by atoms with E-state index in [-0.39, 0.29) is 17.9 Å². The van der Waals surface area contributed by atoms with E-state index in [9.17, 15) is 9.90 Å². The molecular formula is C18H21ClN2O3. The van der Waals surface area contributed by atoms with Crippen LogP contribution >= 0.6 is 11.6 Å². The van der Waals surface area contributed by atoms with Crippen LogP contribution in [0.3, 0.4) is 0 Å². The zero-order valence-corrected chi connectivity index (χ0v) is 14.6. The number of benzene rings is 1. The maximum atomic E-state index is 12.9. The molecule has 24 heavy (non-hydrogen) atoms. The fourth-order valence-corrected chi connectivity index (χ4v) is 3.54. The number of nitrogens with zero attached hydrogens (tertiary/aromatic N) is 2. The van der Waals surface area contributed by atoms with Crippen LogP contribution in [-0.4, -0.2) is 40.8 Å². The molecule has 128 valence electrons. The number of aryl methyl sites for hydroxylation is 1. The Bertz CT molecular complexity index is 744. The molecule has 0 bridgehead atoms. The number of carbonyl (C=O) groups is 1. The topological polar surface area (TPSA) is 66.6 Å². The number of aromatic nitrogens is 1. The highest BCUT2D eigenvalue weighted by Gasteiger charge is 2.30. The van der Waals surface area contributed by atoms with Gasteiger partial charge in [0, 0.05) is 25.1 Å². The average Bonchev–Trinajstić information content (AvgIpc) is 3.13. The van der Waals surface area contributed by atoms with Crippen molar-refractivity contribution in [3.63, 3.8) is 0 Å². The highest BCUT2D eigenvalue weighted by molar-refractivity contribution is 6.33. The van der Waals surface area contributed by atoms with Gasteiger partial charge in [-0.2, -0.15) is 0 Å². The van der Waals surface area contributed by atoms with Crippen LogP contribution in [-0.2, 0) is 0 Å². The summed E-state index contributed by atoms with van der Waals surface area (Å²) in [5, 5.41) is 14.6. The van der Waals surface area contributed by atoms with E-state index in [1.165, 1.54) is 0 Å². The fourth-order valence-electron chi connectivity index (χ4n) is 3.32. The lowest BCUT2D eigenvalue weighted by Gasteiger charge is -2.23. The summed E-state index contributed by atoms with van der Waals surface area (Å²) in [4.78, 5) is 14.6. The van der Waals surface area contributed by atoms with Gasteiger partial charge in [0.2, 0.25) is 0 Å². The van der Waals surface area contributed by atoms with Crippen molar-refractivity contribution >= 4 is 17.5 Å². The lowest BCUT2D eigenvalue weighted by molar-refractivity contribution is 0.0692. The Morgan fingerprint density at radius 3 is 2.83 bits per heavy atom. The van der Waals surface area contributed by atoms with Gasteiger partial charge in [-0.15, -0.1) is 0 Å². The Morgan fingerprint density at radius 1 is 1.42 bits per heavy atom. The third-order valence-corrected chi connectivity index (χ3v) is 5.01. The Kier molecular flexibility index (Phi) is 4.92. The molecule has 0 aliphatic heterocycles. The molecule has 2 atom stereocenters. The number of hydrogen-bond donors (Lipinski definition) is 1. The molecule has 1 heterocycles. The van der Waals surface area contributed by atoms with Gasteiger partial charge in [0.1, 0.15) is 17.0 Å². The Hall–Kier alpha value is -1.85. The Balaban J connectivity index is 1.87. The van der Waals surface area contributed by atoms with E-state index in [1.54, 1.807) is 24.9 Å². The monoisotopic (exact) mass is 348 g/mol. The number of aliphatic hydroxyl groups excluding tert-OH is 1. The van der Waals surface area contributed by atoms with Crippen molar-refractivity contribution in [3.8, 4) is 11.3 Å². The van der Waals surface area contributed by atoms with Crippen LogP contribution in [0.5, 0.6) is 0 Å². The minimum absolute atomic E-state index is 0.128. The van der Waals surface area contributed by atoms with Crippen LogP contribution in [0, 0.1) is 12.8 Å². The van der Waals surface area contributed by atoms with Gasteiger partial charge in [-0.25, -0.2) is 0 Å². The minimum atomic E-state index is -0.327. The Labute approximate surface area is 146 Å². The molecule has 1 aromatic heterocycles. The van der Waals surface area contributed by atoms with Gasteiger partial charge in [0.15, 0.2) is 0 Å². The molecule has 1 aliphatic rings. The van der Waals surface area contributed by atoms with Crippen molar-refractivity contribution in [1.29, 1.82) is 0 Å². The average molecular weight is 349 g/mol. The van der Waals surface area contributed by atoms with Gasteiger partial charge in [-0.1, -0.05) is 41.4 Å². The molecule has 0 radical (unpaired) electrons. The Morgan fingerprint density at radius 2 is 2.17 bits per heavy atom. The smallest absolute Gasteiger partial charge is 0.259 e. The summed E-state index contributed by atoms with van der Waals surface area (Å²) in [7, 11) is 1.75. The second-order valence-corrected chi connectivity index (χ2v) is 6.79. The molecule has 1 amide bonds. The first-order valence-corrected chi connectivity index (χ1v) is 8.51. The number of hydrogen-bond acceptors (Lipinski definition) is 4. The van der Waals surface area contributed by atoms with Crippen LogP contribution in [0.25, 0.3) is 11.3 Å². The molecule has 1 aliphatic carbocycles. The van der Waals surface area contributed by atoms with Crippen molar-refractivity contribution in [1.82, 2.24) is 10.1 Å². The van der Waals surface area contributed by atoms with Crippen LogP contribution in [0.1, 0.15) is 35.4 Å². The van der Waals surface area contributed by atoms with Crippen LogP contribution in [0.2, 0.25) is 5.02 Å². The summed E-state index contributed by atoms with van der Waals surface area (Å²) in [6.45, 7) is 2.24. The van der Waals surface area contributed by atoms with E-state index in [2.05, 4.69) is 5.16 Å². The number of rotatable bonds is 4. The SMILES string of the molecule is Cc1onc(-c2ccccc2Cl)c1C(=O)N(C)CC1CCCC1O. The predicted octanol–water partition coefficient (Wildman–Crippen LogP) is 3.54. The summed E-state index contributed by atoms with van der Waals surface area (Å²) < 4.78 is 5.26. The van der Waals surface area contributed by atoms with Crippen molar-refractivity contribution in [2.75, 3.05) is 13.6 Å². The molecule has 1 N–H and O–H groups in total. The summed E-state index contributed by atoms with van der Waals surface area (Å²) in [6, 6.07) is 7.25.